The largest absolute Gasteiger partial charge is 0.490 e. The van der Waals surface area contributed by atoms with Crippen molar-refractivity contribution >= 4 is 22.5 Å². The number of nitrogens with one attached hydrogen (secondary N) is 1. The monoisotopic (exact) mass is 420 g/mol. The lowest BCUT2D eigenvalue weighted by atomic mass is 10.1. The smallest absolute Gasteiger partial charge is 0.220 e. The number of benzene rings is 1. The van der Waals surface area contributed by atoms with Crippen LogP contribution in [0.4, 0.5) is 0 Å². The first-order valence-corrected chi connectivity index (χ1v) is 10.6. The molecule has 7 nitrogen and oxygen atoms in total. The van der Waals surface area contributed by atoms with Gasteiger partial charge in [-0.15, -0.1) is 0 Å². The van der Waals surface area contributed by atoms with Gasteiger partial charge >= 0.3 is 0 Å². The molecule has 0 spiro atoms. The molecule has 0 saturated heterocycles. The van der Waals surface area contributed by atoms with Gasteiger partial charge in [-0.2, -0.15) is 5.10 Å². The molecule has 1 aromatic carbocycles. The lowest BCUT2D eigenvalue weighted by Crippen LogP contribution is -2.26. The zero-order valence-electron chi connectivity index (χ0n) is 18.7. The minimum atomic E-state index is -0.244. The minimum absolute atomic E-state index is 0.0338. The summed E-state index contributed by atoms with van der Waals surface area (Å²) in [5.41, 5.74) is 5.50. The van der Waals surface area contributed by atoms with E-state index < -0.39 is 0 Å². The van der Waals surface area contributed by atoms with Gasteiger partial charge in [-0.1, -0.05) is 12.1 Å². The van der Waals surface area contributed by atoms with E-state index in [1.165, 1.54) is 0 Å². The van der Waals surface area contributed by atoms with Crippen molar-refractivity contribution < 1.29 is 13.9 Å². The van der Waals surface area contributed by atoms with Crippen LogP contribution in [0.3, 0.4) is 0 Å². The van der Waals surface area contributed by atoms with Gasteiger partial charge in [-0.25, -0.2) is 9.50 Å². The molecule has 162 valence electrons. The lowest BCUT2D eigenvalue weighted by molar-refractivity contribution is -0.121. The van der Waals surface area contributed by atoms with Crippen molar-refractivity contribution in [3.8, 4) is 5.75 Å². The first-order chi connectivity index (χ1) is 14.9. The number of carbonyl (C=O) groups excluding carboxylic acids is 1. The fourth-order valence-corrected chi connectivity index (χ4v) is 3.97. The summed E-state index contributed by atoms with van der Waals surface area (Å²) in [7, 11) is 0. The van der Waals surface area contributed by atoms with Crippen molar-refractivity contribution in [2.24, 2.45) is 0 Å². The van der Waals surface area contributed by atoms with E-state index in [0.717, 1.165) is 33.7 Å². The minimum Gasteiger partial charge on any atom is -0.490 e. The molecule has 3 aromatic heterocycles. The molecule has 4 aromatic rings. The number of aryl methyl sites for hydroxylation is 3. The SMILES string of the molecule is CCOc1cccc2cc(C(C)NC(=O)CCc3c(C)nc4cc(C)nn4c3C)oc12. The van der Waals surface area contributed by atoms with Crippen molar-refractivity contribution in [3.63, 3.8) is 0 Å². The van der Waals surface area contributed by atoms with Gasteiger partial charge in [-0.3, -0.25) is 4.79 Å². The molecule has 1 amide bonds. The molecule has 3 heterocycles. The second-order valence-corrected chi connectivity index (χ2v) is 7.86. The Morgan fingerprint density at radius 1 is 1.26 bits per heavy atom. The number of hydrogen-bond acceptors (Lipinski definition) is 5. The Morgan fingerprint density at radius 3 is 2.84 bits per heavy atom. The van der Waals surface area contributed by atoms with E-state index in [1.807, 2.05) is 69.5 Å². The number of amides is 1. The summed E-state index contributed by atoms with van der Waals surface area (Å²) < 4.78 is 13.5. The summed E-state index contributed by atoms with van der Waals surface area (Å²) in [6.07, 6.45) is 0.969. The Balaban J connectivity index is 1.45. The summed E-state index contributed by atoms with van der Waals surface area (Å²) in [6.45, 7) is 10.4. The Kier molecular flexibility index (Phi) is 5.67. The van der Waals surface area contributed by atoms with Crippen molar-refractivity contribution in [2.45, 2.75) is 53.5 Å². The normalized spacial score (nSPS) is 12.4. The lowest BCUT2D eigenvalue weighted by Gasteiger charge is -2.13. The van der Waals surface area contributed by atoms with Gasteiger partial charge in [0.15, 0.2) is 17.0 Å². The molecule has 0 radical (unpaired) electrons. The molecule has 1 atom stereocenters. The summed E-state index contributed by atoms with van der Waals surface area (Å²) in [4.78, 5) is 17.3. The maximum absolute atomic E-state index is 12.7. The van der Waals surface area contributed by atoms with Gasteiger partial charge in [0.25, 0.3) is 0 Å². The molecule has 7 heteroatoms. The van der Waals surface area contributed by atoms with E-state index in [4.69, 9.17) is 9.15 Å². The maximum atomic E-state index is 12.7. The Bertz CT molecular complexity index is 1250. The molecule has 0 aliphatic rings. The number of furan rings is 1. The fraction of sp³-hybridized carbons (Fsp3) is 0.375. The standard InChI is InChI=1S/C24H28N4O3/c1-6-30-20-9-7-8-18-13-21(31-24(18)20)16(4)26-23(29)11-10-19-15(3)25-22-12-14(2)27-28(22)17(19)5/h7-9,12-13,16H,6,10-11H2,1-5H3,(H,26,29). The first kappa shape index (κ1) is 20.9. The third-order valence-electron chi connectivity index (χ3n) is 5.52. The van der Waals surface area contributed by atoms with Crippen LogP contribution in [0.1, 0.15) is 54.7 Å². The van der Waals surface area contributed by atoms with Crippen LogP contribution >= 0.6 is 0 Å². The summed E-state index contributed by atoms with van der Waals surface area (Å²) in [6, 6.07) is 9.47. The highest BCUT2D eigenvalue weighted by atomic mass is 16.5. The molecular formula is C24H28N4O3. The number of fused-ring (bicyclic) bond motifs is 2. The number of carbonyl (C=O) groups is 1. The number of rotatable bonds is 7. The van der Waals surface area contributed by atoms with Gasteiger partial charge in [0, 0.05) is 29.3 Å². The van der Waals surface area contributed by atoms with Crippen LogP contribution < -0.4 is 10.1 Å². The summed E-state index contributed by atoms with van der Waals surface area (Å²) >= 11 is 0. The number of aromatic nitrogens is 3. The van der Waals surface area contributed by atoms with E-state index >= 15 is 0 Å². The number of ether oxygens (including phenoxy) is 1. The van der Waals surface area contributed by atoms with Crippen LogP contribution in [-0.4, -0.2) is 27.1 Å². The van der Waals surface area contributed by atoms with Crippen LogP contribution in [-0.2, 0) is 11.2 Å². The highest BCUT2D eigenvalue weighted by Gasteiger charge is 2.18. The maximum Gasteiger partial charge on any atom is 0.220 e. The molecule has 31 heavy (non-hydrogen) atoms. The number of para-hydroxylation sites is 1. The predicted octanol–water partition coefficient (Wildman–Crippen LogP) is 4.61. The first-order valence-electron chi connectivity index (χ1n) is 10.6. The zero-order valence-corrected chi connectivity index (χ0v) is 18.7. The van der Waals surface area contributed by atoms with Crippen LogP contribution in [0.5, 0.6) is 5.75 Å². The molecule has 0 fully saturated rings. The van der Waals surface area contributed by atoms with E-state index in [9.17, 15) is 4.79 Å². The molecule has 4 rings (SSSR count). The summed E-state index contributed by atoms with van der Waals surface area (Å²) in [5.74, 6) is 1.39. The average Bonchev–Trinajstić information content (AvgIpc) is 3.32. The second kappa shape index (κ2) is 8.41. The Hall–Kier alpha value is -3.35. The van der Waals surface area contributed by atoms with E-state index in [2.05, 4.69) is 15.4 Å². The van der Waals surface area contributed by atoms with Crippen LogP contribution in [0.15, 0.2) is 34.7 Å². The molecule has 1 unspecified atom stereocenters. The number of nitrogens with zero attached hydrogens (tertiary/aromatic N) is 3. The third kappa shape index (κ3) is 4.13. The Morgan fingerprint density at radius 2 is 2.06 bits per heavy atom. The second-order valence-electron chi connectivity index (χ2n) is 7.86. The van der Waals surface area contributed by atoms with Crippen LogP contribution in [0, 0.1) is 20.8 Å². The highest BCUT2D eigenvalue weighted by Crippen LogP contribution is 2.31. The Labute approximate surface area is 181 Å². The van der Waals surface area contributed by atoms with E-state index in [-0.39, 0.29) is 11.9 Å². The molecule has 0 aliphatic heterocycles. The van der Waals surface area contributed by atoms with Crippen LogP contribution in [0.25, 0.3) is 16.6 Å². The van der Waals surface area contributed by atoms with Gasteiger partial charge < -0.3 is 14.5 Å². The molecular weight excluding hydrogens is 392 g/mol. The molecule has 0 saturated carbocycles. The van der Waals surface area contributed by atoms with Crippen LogP contribution in [0.2, 0.25) is 0 Å². The van der Waals surface area contributed by atoms with Crippen molar-refractivity contribution in [2.75, 3.05) is 6.61 Å². The average molecular weight is 421 g/mol. The number of hydrogen-bond donors (Lipinski definition) is 1. The third-order valence-corrected chi connectivity index (χ3v) is 5.52. The predicted molar refractivity (Wildman–Crippen MR) is 119 cm³/mol. The van der Waals surface area contributed by atoms with Crippen molar-refractivity contribution in [1.82, 2.24) is 19.9 Å². The van der Waals surface area contributed by atoms with E-state index in [0.29, 0.717) is 36.5 Å². The van der Waals surface area contributed by atoms with Gasteiger partial charge in [0.1, 0.15) is 5.76 Å². The highest BCUT2D eigenvalue weighted by molar-refractivity contribution is 5.84. The van der Waals surface area contributed by atoms with Gasteiger partial charge in [-0.05, 0) is 58.7 Å². The van der Waals surface area contributed by atoms with Crippen molar-refractivity contribution in [1.29, 1.82) is 0 Å². The summed E-state index contributed by atoms with van der Waals surface area (Å²) in [5, 5.41) is 8.50. The van der Waals surface area contributed by atoms with E-state index in [1.54, 1.807) is 0 Å². The topological polar surface area (TPSA) is 81.7 Å². The quantitative estimate of drug-likeness (QED) is 0.472. The van der Waals surface area contributed by atoms with Gasteiger partial charge in [0.2, 0.25) is 5.91 Å². The van der Waals surface area contributed by atoms with Crippen molar-refractivity contribution in [3.05, 3.63) is 58.7 Å². The molecule has 1 N–H and O–H groups in total. The molecule has 0 bridgehead atoms. The fourth-order valence-electron chi connectivity index (χ4n) is 3.97. The van der Waals surface area contributed by atoms with Gasteiger partial charge in [0.05, 0.1) is 18.3 Å². The molecule has 0 aliphatic carbocycles. The zero-order chi connectivity index (χ0) is 22.1.